The van der Waals surface area contributed by atoms with Crippen LogP contribution in [-0.4, -0.2) is 29.8 Å². The number of hydrogen-bond donors (Lipinski definition) is 1. The molecule has 1 aliphatic rings. The molecule has 0 saturated heterocycles. The van der Waals surface area contributed by atoms with Crippen LogP contribution in [0.2, 0.25) is 0 Å². The molecule has 4 nitrogen and oxygen atoms in total. The third-order valence-corrected chi connectivity index (χ3v) is 7.38. The van der Waals surface area contributed by atoms with E-state index in [1.165, 1.54) is 30.3 Å². The molecule has 3 aromatic carbocycles. The lowest BCUT2D eigenvalue weighted by Crippen LogP contribution is -2.34. The fourth-order valence-electron chi connectivity index (χ4n) is 5.06. The molecule has 1 N–H and O–H groups in total. The van der Waals surface area contributed by atoms with Gasteiger partial charge in [-0.15, -0.1) is 0 Å². The Labute approximate surface area is 267 Å². The lowest BCUT2D eigenvalue weighted by Gasteiger charge is -2.30. The van der Waals surface area contributed by atoms with Crippen LogP contribution in [0.5, 0.6) is 0 Å². The van der Waals surface area contributed by atoms with Gasteiger partial charge in [-0.1, -0.05) is 73.0 Å². The molecular formula is C36H29F7N2O2. The summed E-state index contributed by atoms with van der Waals surface area (Å²) in [5.41, 5.74) is -4.06. The standard InChI is InChI=1S/C36H29F7N2O2/c1-2-32(46)44-21-18-26-10-7-9-25(23-26)11-8-22-45(33(47)24-27-12-3-4-13-29(27)35(38,39)40)28-16-19-34(37,20-17-28)30-14-5-6-15-31(30)36(41,42)43/h2-7,9-10,12-17,19,23H,1,18,20-22,24H2,(H,44,46). The average molecular weight is 655 g/mol. The van der Waals surface area contributed by atoms with E-state index in [1.54, 1.807) is 18.2 Å². The summed E-state index contributed by atoms with van der Waals surface area (Å²) in [6, 6.07) is 15.9. The van der Waals surface area contributed by atoms with Gasteiger partial charge in [-0.3, -0.25) is 9.59 Å². The predicted octanol–water partition coefficient (Wildman–Crippen LogP) is 7.70. The van der Waals surface area contributed by atoms with Crippen LogP contribution in [0.15, 0.2) is 109 Å². The summed E-state index contributed by atoms with van der Waals surface area (Å²) in [5, 5.41) is 2.66. The second kappa shape index (κ2) is 14.5. The summed E-state index contributed by atoms with van der Waals surface area (Å²) in [7, 11) is 0. The molecule has 1 atom stereocenters. The molecule has 244 valence electrons. The molecule has 0 saturated carbocycles. The van der Waals surface area contributed by atoms with Gasteiger partial charge in [0.1, 0.15) is 0 Å². The first-order chi connectivity index (χ1) is 22.2. The molecule has 2 amide bonds. The lowest BCUT2D eigenvalue weighted by molar-refractivity contribution is -0.139. The molecule has 0 aliphatic heterocycles. The molecule has 1 aliphatic carbocycles. The van der Waals surface area contributed by atoms with Crippen LogP contribution in [0.3, 0.4) is 0 Å². The maximum absolute atomic E-state index is 16.0. The molecule has 0 fully saturated rings. The van der Waals surface area contributed by atoms with Crippen LogP contribution in [0.25, 0.3) is 0 Å². The Kier molecular flexibility index (Phi) is 10.8. The van der Waals surface area contributed by atoms with Crippen LogP contribution in [0.4, 0.5) is 30.7 Å². The van der Waals surface area contributed by atoms with Gasteiger partial charge in [-0.25, -0.2) is 4.39 Å². The molecule has 3 aromatic rings. The zero-order valence-corrected chi connectivity index (χ0v) is 24.9. The number of benzene rings is 3. The summed E-state index contributed by atoms with van der Waals surface area (Å²) < 4.78 is 97.9. The summed E-state index contributed by atoms with van der Waals surface area (Å²) in [6.07, 6.45) is -5.80. The van der Waals surface area contributed by atoms with Crippen LogP contribution >= 0.6 is 0 Å². The van der Waals surface area contributed by atoms with E-state index in [4.69, 9.17) is 0 Å². The first kappa shape index (κ1) is 34.8. The van der Waals surface area contributed by atoms with E-state index in [1.807, 2.05) is 6.07 Å². The largest absolute Gasteiger partial charge is 0.416 e. The number of allylic oxidation sites excluding steroid dienone is 3. The van der Waals surface area contributed by atoms with Crippen molar-refractivity contribution in [3.05, 3.63) is 143 Å². The van der Waals surface area contributed by atoms with Crippen LogP contribution in [-0.2, 0) is 40.5 Å². The highest BCUT2D eigenvalue weighted by atomic mass is 19.4. The van der Waals surface area contributed by atoms with E-state index in [0.717, 1.165) is 53.0 Å². The normalized spacial score (nSPS) is 16.0. The van der Waals surface area contributed by atoms with Gasteiger partial charge in [-0.2, -0.15) is 26.3 Å². The SMILES string of the molecule is C=CC(=O)NCCc1cccc(C#CCN(C(=O)Cc2ccccc2C(F)(F)F)C2=CCC(F)(c3ccccc3C(F)(F)F)C=C2)c1. The second-order valence-electron chi connectivity index (χ2n) is 10.6. The van der Waals surface area contributed by atoms with Gasteiger partial charge >= 0.3 is 12.4 Å². The van der Waals surface area contributed by atoms with E-state index < -0.39 is 53.5 Å². The second-order valence-corrected chi connectivity index (χ2v) is 10.6. The first-order valence-corrected chi connectivity index (χ1v) is 14.4. The van der Waals surface area contributed by atoms with Gasteiger partial charge in [0.15, 0.2) is 5.67 Å². The van der Waals surface area contributed by atoms with Crippen molar-refractivity contribution in [2.24, 2.45) is 0 Å². The number of carbonyl (C=O) groups excluding carboxylic acids is 2. The van der Waals surface area contributed by atoms with Crippen LogP contribution < -0.4 is 5.32 Å². The Morgan fingerprint density at radius 3 is 2.28 bits per heavy atom. The average Bonchev–Trinajstić information content (AvgIpc) is 3.03. The fourth-order valence-corrected chi connectivity index (χ4v) is 5.06. The number of rotatable bonds is 9. The summed E-state index contributed by atoms with van der Waals surface area (Å²) in [5.74, 6) is 4.65. The summed E-state index contributed by atoms with van der Waals surface area (Å²) in [4.78, 5) is 26.0. The van der Waals surface area contributed by atoms with E-state index in [-0.39, 0.29) is 23.7 Å². The number of nitrogens with zero attached hydrogens (tertiary/aromatic N) is 1. The highest BCUT2D eigenvalue weighted by Crippen LogP contribution is 2.43. The van der Waals surface area contributed by atoms with Crippen LogP contribution in [0.1, 0.15) is 39.8 Å². The minimum Gasteiger partial charge on any atom is -0.352 e. The smallest absolute Gasteiger partial charge is 0.352 e. The van der Waals surface area contributed by atoms with E-state index in [2.05, 4.69) is 23.7 Å². The number of carbonyl (C=O) groups is 2. The summed E-state index contributed by atoms with van der Waals surface area (Å²) in [6.45, 7) is 3.44. The third kappa shape index (κ3) is 9.00. The predicted molar refractivity (Wildman–Crippen MR) is 163 cm³/mol. The molecule has 4 rings (SSSR count). The maximum atomic E-state index is 16.0. The van der Waals surface area contributed by atoms with Gasteiger partial charge in [-0.05, 0) is 60.0 Å². The number of amides is 2. The van der Waals surface area contributed by atoms with Crippen molar-refractivity contribution in [3.8, 4) is 11.8 Å². The van der Waals surface area contributed by atoms with E-state index in [0.29, 0.717) is 18.5 Å². The van der Waals surface area contributed by atoms with Gasteiger partial charge in [0, 0.05) is 29.8 Å². The van der Waals surface area contributed by atoms with Gasteiger partial charge < -0.3 is 10.2 Å². The number of alkyl halides is 7. The zero-order valence-electron chi connectivity index (χ0n) is 24.9. The monoisotopic (exact) mass is 654 g/mol. The van der Waals surface area contributed by atoms with E-state index in [9.17, 15) is 35.9 Å². The molecular weight excluding hydrogens is 625 g/mol. The molecule has 0 aromatic heterocycles. The highest BCUT2D eigenvalue weighted by molar-refractivity contribution is 5.86. The van der Waals surface area contributed by atoms with E-state index >= 15 is 4.39 Å². The zero-order chi connectivity index (χ0) is 34.2. The first-order valence-electron chi connectivity index (χ1n) is 14.4. The van der Waals surface area contributed by atoms with Crippen molar-refractivity contribution in [1.82, 2.24) is 10.2 Å². The molecule has 0 radical (unpaired) electrons. The van der Waals surface area contributed by atoms with Gasteiger partial charge in [0.25, 0.3) is 0 Å². The lowest BCUT2D eigenvalue weighted by atomic mass is 9.85. The maximum Gasteiger partial charge on any atom is 0.416 e. The van der Waals surface area contributed by atoms with Crippen molar-refractivity contribution in [1.29, 1.82) is 0 Å². The number of hydrogen-bond acceptors (Lipinski definition) is 2. The quantitative estimate of drug-likeness (QED) is 0.146. The molecule has 11 heteroatoms. The Morgan fingerprint density at radius 1 is 0.936 bits per heavy atom. The van der Waals surface area contributed by atoms with Gasteiger partial charge in [0.2, 0.25) is 11.8 Å². The van der Waals surface area contributed by atoms with Crippen molar-refractivity contribution < 1.29 is 40.3 Å². The minimum atomic E-state index is -4.81. The van der Waals surface area contributed by atoms with Crippen molar-refractivity contribution in [2.75, 3.05) is 13.1 Å². The fraction of sp³-hybridized carbons (Fsp3) is 0.222. The molecule has 0 spiro atoms. The van der Waals surface area contributed by atoms with Crippen molar-refractivity contribution in [3.63, 3.8) is 0 Å². The Bertz CT molecular complexity index is 1760. The molecule has 0 bridgehead atoms. The van der Waals surface area contributed by atoms with Crippen LogP contribution in [0, 0.1) is 11.8 Å². The molecule has 0 heterocycles. The topological polar surface area (TPSA) is 49.4 Å². The number of halogens is 7. The molecule has 1 unspecified atom stereocenters. The highest BCUT2D eigenvalue weighted by Gasteiger charge is 2.41. The third-order valence-electron chi connectivity index (χ3n) is 7.38. The number of nitrogens with one attached hydrogen (secondary N) is 1. The Hall–Kier alpha value is -5.11. The minimum absolute atomic E-state index is 0.0817. The Morgan fingerprint density at radius 2 is 1.62 bits per heavy atom. The summed E-state index contributed by atoms with van der Waals surface area (Å²) >= 11 is 0. The molecule has 47 heavy (non-hydrogen) atoms. The van der Waals surface area contributed by atoms with Crippen molar-refractivity contribution >= 4 is 11.8 Å². The van der Waals surface area contributed by atoms with Gasteiger partial charge in [0.05, 0.1) is 24.1 Å². The Balaban J connectivity index is 1.61. The van der Waals surface area contributed by atoms with Crippen molar-refractivity contribution in [2.45, 2.75) is 37.3 Å².